The van der Waals surface area contributed by atoms with E-state index in [-0.39, 0.29) is 42.6 Å². The summed E-state index contributed by atoms with van der Waals surface area (Å²) in [4.78, 5) is 16.3. The van der Waals surface area contributed by atoms with Gasteiger partial charge < -0.3 is 15.5 Å². The lowest BCUT2D eigenvalue weighted by Crippen LogP contribution is -2.44. The summed E-state index contributed by atoms with van der Waals surface area (Å²) in [6.45, 7) is 0.608. The van der Waals surface area contributed by atoms with E-state index >= 15 is 0 Å². The standard InChI is InChI=1S/C19H24FN3O2.2ClH/c20-15-7-3-2-6-14(15)17-12-22-19(25-17)10-9-18(24)23-16-8-4-1-5-13(16)11-21;;/h2-3,6-7,12-13,16H,1,4-5,8-11,21H2,(H,23,24);2*1H. The topological polar surface area (TPSA) is 81.1 Å². The zero-order valence-corrected chi connectivity index (χ0v) is 16.7. The van der Waals surface area contributed by atoms with Crippen LogP contribution in [0.2, 0.25) is 0 Å². The van der Waals surface area contributed by atoms with Gasteiger partial charge in [0.1, 0.15) is 5.82 Å². The number of hydrogen-bond donors (Lipinski definition) is 2. The van der Waals surface area contributed by atoms with Crippen molar-refractivity contribution in [3.8, 4) is 11.3 Å². The Morgan fingerprint density at radius 3 is 2.74 bits per heavy atom. The highest BCUT2D eigenvalue weighted by atomic mass is 35.5. The quantitative estimate of drug-likeness (QED) is 0.746. The lowest BCUT2D eigenvalue weighted by molar-refractivity contribution is -0.122. The van der Waals surface area contributed by atoms with Crippen LogP contribution in [-0.4, -0.2) is 23.5 Å². The number of nitrogens with zero attached hydrogens (tertiary/aromatic N) is 1. The molecular weight excluding hydrogens is 392 g/mol. The maximum atomic E-state index is 13.8. The van der Waals surface area contributed by atoms with Gasteiger partial charge in [-0.1, -0.05) is 25.0 Å². The summed E-state index contributed by atoms with van der Waals surface area (Å²) < 4.78 is 19.3. The van der Waals surface area contributed by atoms with E-state index in [1.807, 2.05) is 0 Å². The van der Waals surface area contributed by atoms with Crippen molar-refractivity contribution in [2.24, 2.45) is 11.7 Å². The van der Waals surface area contributed by atoms with E-state index in [2.05, 4.69) is 10.3 Å². The molecule has 0 saturated heterocycles. The molecule has 2 atom stereocenters. The first-order valence-electron chi connectivity index (χ1n) is 8.86. The number of nitrogens with one attached hydrogen (secondary N) is 1. The highest BCUT2D eigenvalue weighted by Crippen LogP contribution is 2.25. The van der Waals surface area contributed by atoms with E-state index in [0.29, 0.717) is 42.5 Å². The number of halogens is 3. The number of benzene rings is 1. The fourth-order valence-electron chi connectivity index (χ4n) is 3.39. The van der Waals surface area contributed by atoms with Crippen LogP contribution in [0.5, 0.6) is 0 Å². The maximum absolute atomic E-state index is 13.8. The molecule has 2 aromatic rings. The van der Waals surface area contributed by atoms with Crippen LogP contribution in [0.15, 0.2) is 34.9 Å². The summed E-state index contributed by atoms with van der Waals surface area (Å²) in [5, 5.41) is 3.09. The second-order valence-electron chi connectivity index (χ2n) is 6.55. The van der Waals surface area contributed by atoms with E-state index in [9.17, 15) is 9.18 Å². The van der Waals surface area contributed by atoms with E-state index in [4.69, 9.17) is 10.2 Å². The van der Waals surface area contributed by atoms with Gasteiger partial charge in [0.05, 0.1) is 11.8 Å². The highest BCUT2D eigenvalue weighted by Gasteiger charge is 2.25. The molecule has 5 nitrogen and oxygen atoms in total. The van der Waals surface area contributed by atoms with Crippen LogP contribution in [0, 0.1) is 11.7 Å². The molecule has 1 aromatic carbocycles. The van der Waals surface area contributed by atoms with Gasteiger partial charge in [0.15, 0.2) is 11.7 Å². The molecule has 3 rings (SSSR count). The normalized spacial score (nSPS) is 18.9. The first-order chi connectivity index (χ1) is 12.2. The Kier molecular flexibility index (Phi) is 9.77. The zero-order valence-electron chi connectivity index (χ0n) is 15.0. The summed E-state index contributed by atoms with van der Waals surface area (Å²) >= 11 is 0. The zero-order chi connectivity index (χ0) is 17.6. The molecule has 2 unspecified atom stereocenters. The first-order valence-corrected chi connectivity index (χ1v) is 8.86. The third-order valence-corrected chi connectivity index (χ3v) is 4.82. The van der Waals surface area contributed by atoms with Crippen LogP contribution >= 0.6 is 24.8 Å². The average molecular weight is 418 g/mol. The van der Waals surface area contributed by atoms with Crippen LogP contribution in [0.4, 0.5) is 4.39 Å². The van der Waals surface area contributed by atoms with E-state index < -0.39 is 0 Å². The van der Waals surface area contributed by atoms with Crippen LogP contribution in [0.1, 0.15) is 38.0 Å². The number of carbonyl (C=O) groups excluding carboxylic acids is 1. The third-order valence-electron chi connectivity index (χ3n) is 4.82. The summed E-state index contributed by atoms with van der Waals surface area (Å²) in [5.41, 5.74) is 6.17. The molecule has 0 aliphatic heterocycles. The first kappa shape index (κ1) is 23.4. The van der Waals surface area contributed by atoms with Crippen LogP contribution in [0.3, 0.4) is 0 Å². The van der Waals surface area contributed by atoms with Gasteiger partial charge in [-0.25, -0.2) is 9.37 Å². The maximum Gasteiger partial charge on any atom is 0.220 e. The van der Waals surface area contributed by atoms with Crippen LogP contribution in [-0.2, 0) is 11.2 Å². The molecule has 1 aromatic heterocycles. The van der Waals surface area contributed by atoms with Crippen molar-refractivity contribution >= 4 is 30.7 Å². The van der Waals surface area contributed by atoms with Gasteiger partial charge in [-0.2, -0.15) is 0 Å². The lowest BCUT2D eigenvalue weighted by Gasteiger charge is -2.31. The van der Waals surface area contributed by atoms with Gasteiger partial charge in [-0.3, -0.25) is 4.79 Å². The average Bonchev–Trinajstić information content (AvgIpc) is 3.09. The van der Waals surface area contributed by atoms with Crippen molar-refractivity contribution in [1.29, 1.82) is 0 Å². The SMILES string of the molecule is Cl.Cl.NCC1CCCCC1NC(=O)CCc1ncc(-c2ccccc2F)o1. The Labute approximate surface area is 171 Å². The minimum absolute atomic E-state index is 0. The fraction of sp³-hybridized carbons (Fsp3) is 0.474. The van der Waals surface area contributed by atoms with Crippen molar-refractivity contribution in [3.63, 3.8) is 0 Å². The molecule has 150 valence electrons. The molecular formula is C19H26Cl2FN3O2. The molecule has 1 saturated carbocycles. The number of oxazole rings is 1. The third kappa shape index (κ3) is 6.19. The van der Waals surface area contributed by atoms with Crippen LogP contribution < -0.4 is 11.1 Å². The molecule has 27 heavy (non-hydrogen) atoms. The Morgan fingerprint density at radius 2 is 2.00 bits per heavy atom. The van der Waals surface area contributed by atoms with E-state index in [1.165, 1.54) is 18.7 Å². The number of aryl methyl sites for hydroxylation is 1. The number of hydrogen-bond acceptors (Lipinski definition) is 4. The Bertz CT molecular complexity index is 726. The largest absolute Gasteiger partial charge is 0.441 e. The van der Waals surface area contributed by atoms with Gasteiger partial charge >= 0.3 is 0 Å². The lowest BCUT2D eigenvalue weighted by atomic mass is 9.84. The van der Waals surface area contributed by atoms with E-state index in [0.717, 1.165) is 19.3 Å². The summed E-state index contributed by atoms with van der Waals surface area (Å²) in [6, 6.07) is 6.56. The van der Waals surface area contributed by atoms with Crippen molar-refractivity contribution < 1.29 is 13.6 Å². The molecule has 3 N–H and O–H groups in total. The van der Waals surface area contributed by atoms with Crippen molar-refractivity contribution in [3.05, 3.63) is 42.2 Å². The Morgan fingerprint density at radius 1 is 1.26 bits per heavy atom. The molecule has 1 aliphatic rings. The second kappa shape index (κ2) is 11.3. The molecule has 1 fully saturated rings. The Balaban J connectivity index is 0.00000182. The van der Waals surface area contributed by atoms with Crippen molar-refractivity contribution in [1.82, 2.24) is 10.3 Å². The van der Waals surface area contributed by atoms with Gasteiger partial charge in [0.2, 0.25) is 5.91 Å². The van der Waals surface area contributed by atoms with E-state index in [1.54, 1.807) is 18.2 Å². The smallest absolute Gasteiger partial charge is 0.220 e. The van der Waals surface area contributed by atoms with Crippen molar-refractivity contribution in [2.45, 2.75) is 44.6 Å². The molecule has 8 heteroatoms. The number of aromatic nitrogens is 1. The number of carbonyl (C=O) groups is 1. The molecule has 0 radical (unpaired) electrons. The molecule has 0 bridgehead atoms. The van der Waals surface area contributed by atoms with Gasteiger partial charge in [-0.05, 0) is 37.4 Å². The summed E-state index contributed by atoms with van der Waals surface area (Å²) in [5.74, 6) is 0.813. The number of nitrogens with two attached hydrogens (primary N) is 1. The fourth-order valence-corrected chi connectivity index (χ4v) is 3.39. The Hall–Kier alpha value is -1.63. The summed E-state index contributed by atoms with van der Waals surface area (Å²) in [7, 11) is 0. The van der Waals surface area contributed by atoms with Crippen molar-refractivity contribution in [2.75, 3.05) is 6.54 Å². The minimum Gasteiger partial charge on any atom is -0.441 e. The summed E-state index contributed by atoms with van der Waals surface area (Å²) in [6.07, 6.45) is 6.57. The number of amides is 1. The predicted molar refractivity (Wildman–Crippen MR) is 108 cm³/mol. The highest BCUT2D eigenvalue weighted by molar-refractivity contribution is 5.85. The number of rotatable bonds is 6. The molecule has 1 aliphatic carbocycles. The molecule has 1 heterocycles. The molecule has 1 amide bonds. The van der Waals surface area contributed by atoms with Gasteiger partial charge in [0, 0.05) is 18.9 Å². The molecule has 0 spiro atoms. The van der Waals surface area contributed by atoms with Crippen LogP contribution in [0.25, 0.3) is 11.3 Å². The monoisotopic (exact) mass is 417 g/mol. The second-order valence-corrected chi connectivity index (χ2v) is 6.55. The van der Waals surface area contributed by atoms with Gasteiger partial charge in [-0.15, -0.1) is 24.8 Å². The minimum atomic E-state index is -0.354. The predicted octanol–water partition coefficient (Wildman–Crippen LogP) is 3.89. The van der Waals surface area contributed by atoms with Gasteiger partial charge in [0.25, 0.3) is 0 Å².